The molecule has 2 N–H and O–H groups in total. The van der Waals surface area contributed by atoms with Crippen LogP contribution in [0.3, 0.4) is 0 Å². The fraction of sp³-hybridized carbons (Fsp3) is 0.150. The van der Waals surface area contributed by atoms with Gasteiger partial charge in [-0.25, -0.2) is 14.6 Å². The van der Waals surface area contributed by atoms with E-state index in [-0.39, 0.29) is 18.9 Å². The van der Waals surface area contributed by atoms with E-state index in [1.807, 2.05) is 42.5 Å². The molecule has 0 radical (unpaired) electrons. The summed E-state index contributed by atoms with van der Waals surface area (Å²) in [7, 11) is 0. The standard InChI is InChI=1S/C20H17BrN2O5/c21-15-8-6-14(7-9-15)17-11-22-18(28-17)10-16(19(24)25)23-20(26)27-12-13-4-2-1-3-5-13/h1-9,11,16H,10,12H2,(H,23,26)(H,24,25)/t16-/m0/s1. The number of alkyl carbamates (subject to hydrolysis) is 1. The van der Waals surface area contributed by atoms with Crippen LogP contribution < -0.4 is 5.32 Å². The van der Waals surface area contributed by atoms with E-state index in [4.69, 9.17) is 9.15 Å². The molecule has 0 aliphatic carbocycles. The van der Waals surface area contributed by atoms with Crippen LogP contribution >= 0.6 is 15.9 Å². The number of nitrogens with zero attached hydrogens (tertiary/aromatic N) is 1. The normalized spacial score (nSPS) is 11.6. The first-order valence-electron chi connectivity index (χ1n) is 8.42. The zero-order valence-electron chi connectivity index (χ0n) is 14.7. The number of nitrogens with one attached hydrogen (secondary N) is 1. The number of carbonyl (C=O) groups excluding carboxylic acids is 1. The summed E-state index contributed by atoms with van der Waals surface area (Å²) in [5, 5.41) is 11.7. The van der Waals surface area contributed by atoms with Crippen molar-refractivity contribution < 1.29 is 23.8 Å². The van der Waals surface area contributed by atoms with Gasteiger partial charge in [0.2, 0.25) is 0 Å². The summed E-state index contributed by atoms with van der Waals surface area (Å²) in [5.41, 5.74) is 1.61. The third-order valence-corrected chi connectivity index (χ3v) is 4.39. The molecule has 0 saturated carbocycles. The summed E-state index contributed by atoms with van der Waals surface area (Å²) in [6.07, 6.45) is 0.591. The van der Waals surface area contributed by atoms with Gasteiger partial charge in [-0.15, -0.1) is 0 Å². The Hall–Kier alpha value is -3.13. The second kappa shape index (κ2) is 9.18. The largest absolute Gasteiger partial charge is 0.480 e. The Morgan fingerprint density at radius 2 is 1.86 bits per heavy atom. The molecule has 3 aromatic rings. The van der Waals surface area contributed by atoms with Crippen LogP contribution in [-0.4, -0.2) is 28.2 Å². The van der Waals surface area contributed by atoms with Crippen molar-refractivity contribution in [3.05, 3.63) is 76.7 Å². The SMILES string of the molecule is O=C(N[C@@H](Cc1ncc(-c2ccc(Br)cc2)o1)C(=O)O)OCc1ccccc1. The fourth-order valence-corrected chi connectivity index (χ4v) is 2.70. The van der Waals surface area contributed by atoms with E-state index in [2.05, 4.69) is 26.2 Å². The lowest BCUT2D eigenvalue weighted by Crippen LogP contribution is -2.42. The molecule has 1 aromatic heterocycles. The molecule has 144 valence electrons. The number of carbonyl (C=O) groups is 2. The van der Waals surface area contributed by atoms with E-state index in [9.17, 15) is 14.7 Å². The third kappa shape index (κ3) is 5.43. The van der Waals surface area contributed by atoms with Crippen molar-refractivity contribution in [1.82, 2.24) is 10.3 Å². The molecule has 0 unspecified atom stereocenters. The van der Waals surface area contributed by atoms with Crippen molar-refractivity contribution >= 4 is 28.0 Å². The number of oxazole rings is 1. The van der Waals surface area contributed by atoms with E-state index in [1.54, 1.807) is 12.1 Å². The number of carboxylic acids is 1. The van der Waals surface area contributed by atoms with E-state index in [0.29, 0.717) is 5.76 Å². The zero-order valence-corrected chi connectivity index (χ0v) is 16.3. The van der Waals surface area contributed by atoms with Gasteiger partial charge in [0.15, 0.2) is 11.7 Å². The molecule has 1 amide bonds. The molecule has 0 aliphatic rings. The van der Waals surface area contributed by atoms with E-state index >= 15 is 0 Å². The predicted molar refractivity (Wildman–Crippen MR) is 105 cm³/mol. The summed E-state index contributed by atoms with van der Waals surface area (Å²) in [4.78, 5) is 27.5. The molecule has 0 spiro atoms. The molecule has 1 atom stereocenters. The number of rotatable bonds is 7. The van der Waals surface area contributed by atoms with Crippen molar-refractivity contribution in [2.45, 2.75) is 19.1 Å². The van der Waals surface area contributed by atoms with Crippen LogP contribution in [0.2, 0.25) is 0 Å². The highest BCUT2D eigenvalue weighted by Gasteiger charge is 2.23. The van der Waals surface area contributed by atoms with Gasteiger partial charge in [0.25, 0.3) is 0 Å². The van der Waals surface area contributed by atoms with Crippen molar-refractivity contribution in [3.8, 4) is 11.3 Å². The Morgan fingerprint density at radius 1 is 1.14 bits per heavy atom. The van der Waals surface area contributed by atoms with Crippen LogP contribution in [0.25, 0.3) is 11.3 Å². The molecule has 8 heteroatoms. The lowest BCUT2D eigenvalue weighted by atomic mass is 10.2. The Bertz CT molecular complexity index is 941. The van der Waals surface area contributed by atoms with Gasteiger partial charge in [0.1, 0.15) is 12.6 Å². The van der Waals surface area contributed by atoms with Crippen molar-refractivity contribution in [2.75, 3.05) is 0 Å². The van der Waals surface area contributed by atoms with Crippen LogP contribution in [0.5, 0.6) is 0 Å². The summed E-state index contributed by atoms with van der Waals surface area (Å²) in [5.74, 6) is -0.493. The van der Waals surface area contributed by atoms with Gasteiger partial charge in [-0.3, -0.25) is 0 Å². The van der Waals surface area contributed by atoms with Gasteiger partial charge in [0, 0.05) is 10.0 Å². The molecule has 0 saturated heterocycles. The van der Waals surface area contributed by atoms with Crippen molar-refractivity contribution in [2.24, 2.45) is 0 Å². The fourth-order valence-electron chi connectivity index (χ4n) is 2.43. The second-order valence-electron chi connectivity index (χ2n) is 5.93. The first-order valence-corrected chi connectivity index (χ1v) is 9.21. The lowest BCUT2D eigenvalue weighted by molar-refractivity contribution is -0.139. The summed E-state index contributed by atoms with van der Waals surface area (Å²) in [6.45, 7) is 0.0474. The average Bonchev–Trinajstić information content (AvgIpc) is 3.16. The number of amides is 1. The molecule has 3 rings (SSSR count). The van der Waals surface area contributed by atoms with E-state index in [1.165, 1.54) is 6.20 Å². The van der Waals surface area contributed by atoms with Crippen LogP contribution in [0.1, 0.15) is 11.5 Å². The summed E-state index contributed by atoms with van der Waals surface area (Å²) in [6, 6.07) is 15.3. The minimum Gasteiger partial charge on any atom is -0.480 e. The highest BCUT2D eigenvalue weighted by Crippen LogP contribution is 2.23. The van der Waals surface area contributed by atoms with Crippen LogP contribution in [0.4, 0.5) is 4.79 Å². The molecule has 2 aromatic carbocycles. The summed E-state index contributed by atoms with van der Waals surface area (Å²) >= 11 is 3.36. The molecule has 0 fully saturated rings. The van der Waals surface area contributed by atoms with Crippen LogP contribution in [0, 0.1) is 0 Å². The average molecular weight is 445 g/mol. The third-order valence-electron chi connectivity index (χ3n) is 3.86. The van der Waals surface area contributed by atoms with Crippen molar-refractivity contribution in [1.29, 1.82) is 0 Å². The first kappa shape index (κ1) is 19.6. The number of halogens is 1. The predicted octanol–water partition coefficient (Wildman–Crippen LogP) is 4.03. The maximum atomic E-state index is 11.9. The number of hydrogen-bond acceptors (Lipinski definition) is 5. The molecule has 0 aliphatic heterocycles. The molecular formula is C20H17BrN2O5. The zero-order chi connectivity index (χ0) is 19.9. The minimum absolute atomic E-state index is 0.0474. The number of ether oxygens (including phenoxy) is 1. The Labute approximate surface area is 169 Å². The van der Waals surface area contributed by atoms with Crippen LogP contribution in [-0.2, 0) is 22.6 Å². The van der Waals surface area contributed by atoms with Crippen molar-refractivity contribution in [3.63, 3.8) is 0 Å². The highest BCUT2D eigenvalue weighted by molar-refractivity contribution is 9.10. The smallest absolute Gasteiger partial charge is 0.408 e. The number of aliphatic carboxylic acids is 1. The monoisotopic (exact) mass is 444 g/mol. The second-order valence-corrected chi connectivity index (χ2v) is 6.84. The van der Waals surface area contributed by atoms with Gasteiger partial charge < -0.3 is 19.6 Å². The van der Waals surface area contributed by atoms with Gasteiger partial charge in [-0.2, -0.15) is 0 Å². The van der Waals surface area contributed by atoms with Crippen LogP contribution in [0.15, 0.2) is 69.7 Å². The number of carboxylic acid groups (broad SMARTS) is 1. The maximum absolute atomic E-state index is 11.9. The molecule has 0 bridgehead atoms. The lowest BCUT2D eigenvalue weighted by Gasteiger charge is -2.13. The minimum atomic E-state index is -1.22. The topological polar surface area (TPSA) is 102 Å². The molecular weight excluding hydrogens is 428 g/mol. The Morgan fingerprint density at radius 3 is 2.54 bits per heavy atom. The van der Waals surface area contributed by atoms with E-state index in [0.717, 1.165) is 15.6 Å². The Balaban J connectivity index is 1.59. The summed E-state index contributed by atoms with van der Waals surface area (Å²) < 4.78 is 11.6. The molecule has 28 heavy (non-hydrogen) atoms. The number of hydrogen-bond donors (Lipinski definition) is 2. The van der Waals surface area contributed by atoms with Gasteiger partial charge >= 0.3 is 12.1 Å². The number of aromatic nitrogens is 1. The molecule has 1 heterocycles. The first-order chi connectivity index (χ1) is 13.5. The van der Waals surface area contributed by atoms with E-state index < -0.39 is 18.1 Å². The Kier molecular flexibility index (Phi) is 6.44. The van der Waals surface area contributed by atoms with Gasteiger partial charge in [-0.05, 0) is 17.7 Å². The quantitative estimate of drug-likeness (QED) is 0.570. The van der Waals surface area contributed by atoms with Gasteiger partial charge in [0.05, 0.1) is 12.6 Å². The highest BCUT2D eigenvalue weighted by atomic mass is 79.9. The maximum Gasteiger partial charge on any atom is 0.408 e. The van der Waals surface area contributed by atoms with Gasteiger partial charge in [-0.1, -0.05) is 58.4 Å². The molecule has 7 nitrogen and oxygen atoms in total. The number of benzene rings is 2.